The number of rotatable bonds is 8. The third-order valence-corrected chi connectivity index (χ3v) is 7.84. The summed E-state index contributed by atoms with van der Waals surface area (Å²) in [5.74, 6) is -0.104. The first-order valence-corrected chi connectivity index (χ1v) is 13.3. The maximum Gasteiger partial charge on any atom is 0.324 e. The molecule has 1 aliphatic carbocycles. The van der Waals surface area contributed by atoms with Crippen molar-refractivity contribution in [3.8, 4) is 0 Å². The van der Waals surface area contributed by atoms with E-state index in [1.54, 1.807) is 11.8 Å². The predicted octanol–water partition coefficient (Wildman–Crippen LogP) is 7.40. The molecule has 0 bridgehead atoms. The van der Waals surface area contributed by atoms with Crippen molar-refractivity contribution in [3.63, 3.8) is 0 Å². The average molecular weight is 501 g/mol. The van der Waals surface area contributed by atoms with Gasteiger partial charge < -0.3 is 14.5 Å². The number of esters is 1. The summed E-state index contributed by atoms with van der Waals surface area (Å²) in [6.07, 6.45) is 7.66. The molecule has 5 nitrogen and oxygen atoms in total. The number of urea groups is 1. The molecule has 1 aromatic rings. The van der Waals surface area contributed by atoms with Gasteiger partial charge in [-0.05, 0) is 79.7 Å². The largest absolute Gasteiger partial charge is 0.466 e. The second-order valence-corrected chi connectivity index (χ2v) is 11.3. The van der Waals surface area contributed by atoms with Crippen LogP contribution in [0.15, 0.2) is 36.0 Å². The number of hydrogen-bond donors (Lipinski definition) is 0. The Morgan fingerprint density at radius 2 is 1.91 bits per heavy atom. The Bertz CT molecular complexity index is 1030. The molecule has 0 unspecified atom stereocenters. The molecule has 2 aliphatic rings. The highest BCUT2D eigenvalue weighted by Crippen LogP contribution is 2.45. The monoisotopic (exact) mass is 500 g/mol. The summed E-state index contributed by atoms with van der Waals surface area (Å²) in [6.45, 7) is 16.0. The number of halogens is 1. The van der Waals surface area contributed by atoms with Crippen LogP contribution in [0.25, 0.3) is 5.57 Å². The van der Waals surface area contributed by atoms with Gasteiger partial charge in [-0.3, -0.25) is 4.79 Å². The van der Waals surface area contributed by atoms with Gasteiger partial charge in [0.1, 0.15) is 0 Å². The summed E-state index contributed by atoms with van der Waals surface area (Å²) < 4.78 is 5.06. The van der Waals surface area contributed by atoms with Crippen molar-refractivity contribution < 1.29 is 14.3 Å². The lowest BCUT2D eigenvalue weighted by Gasteiger charge is -2.49. The van der Waals surface area contributed by atoms with Gasteiger partial charge in [-0.2, -0.15) is 0 Å². The standard InChI is InChI=1S/C29H41ClN2O3/c1-8-32-27(34)31(17-14-26(33)35-9-2)19-24(20(3)4)29(32,7)22-10-11-23(25(30)18-22)21-12-15-28(5,6)16-13-21/h10-12,18-20H,8-9,13-17H2,1-7H3/t29-/m0/s1. The van der Waals surface area contributed by atoms with Crippen LogP contribution < -0.4 is 0 Å². The summed E-state index contributed by atoms with van der Waals surface area (Å²) in [7, 11) is 0. The van der Waals surface area contributed by atoms with Crippen LogP contribution in [0.2, 0.25) is 5.02 Å². The number of nitrogens with zero attached hydrogens (tertiary/aromatic N) is 2. The molecule has 1 aromatic carbocycles. The normalized spacial score (nSPS) is 22.3. The molecule has 1 atom stereocenters. The van der Waals surface area contributed by atoms with Crippen LogP contribution in [-0.2, 0) is 15.1 Å². The second-order valence-electron chi connectivity index (χ2n) is 10.9. The summed E-state index contributed by atoms with van der Waals surface area (Å²) in [4.78, 5) is 29.0. The number of hydrogen-bond acceptors (Lipinski definition) is 3. The first-order chi connectivity index (χ1) is 16.4. The molecule has 0 spiro atoms. The third kappa shape index (κ3) is 5.61. The molecule has 0 aromatic heterocycles. The minimum Gasteiger partial charge on any atom is -0.466 e. The number of carbonyl (C=O) groups excluding carboxylic acids is 2. The van der Waals surface area contributed by atoms with E-state index in [-0.39, 0.29) is 24.3 Å². The maximum atomic E-state index is 13.6. The summed E-state index contributed by atoms with van der Waals surface area (Å²) >= 11 is 6.89. The lowest BCUT2D eigenvalue weighted by molar-refractivity contribution is -0.143. The summed E-state index contributed by atoms with van der Waals surface area (Å²) in [5.41, 5.74) is 4.22. The van der Waals surface area contributed by atoms with E-state index >= 15 is 0 Å². The quantitative estimate of drug-likeness (QED) is 0.349. The van der Waals surface area contributed by atoms with E-state index < -0.39 is 5.54 Å². The second kappa shape index (κ2) is 10.8. The molecule has 0 saturated heterocycles. The first kappa shape index (κ1) is 27.3. The molecule has 35 heavy (non-hydrogen) atoms. The zero-order chi connectivity index (χ0) is 26.0. The van der Waals surface area contributed by atoms with Crippen LogP contribution >= 0.6 is 11.6 Å². The van der Waals surface area contributed by atoms with Gasteiger partial charge in [0.2, 0.25) is 0 Å². The lowest BCUT2D eigenvalue weighted by atomic mass is 9.75. The van der Waals surface area contributed by atoms with Crippen molar-refractivity contribution in [2.45, 2.75) is 79.7 Å². The van der Waals surface area contributed by atoms with E-state index in [1.165, 1.54) is 5.57 Å². The number of ether oxygens (including phenoxy) is 1. The van der Waals surface area contributed by atoms with Gasteiger partial charge in [0, 0.05) is 24.3 Å². The van der Waals surface area contributed by atoms with E-state index in [0.717, 1.165) is 41.0 Å². The Morgan fingerprint density at radius 3 is 2.46 bits per heavy atom. The molecule has 1 heterocycles. The van der Waals surface area contributed by atoms with Gasteiger partial charge in [-0.15, -0.1) is 0 Å². The fourth-order valence-corrected chi connectivity index (χ4v) is 5.64. The highest BCUT2D eigenvalue weighted by atomic mass is 35.5. The minimum atomic E-state index is -0.633. The molecule has 0 saturated carbocycles. The first-order valence-electron chi connectivity index (χ1n) is 12.9. The Labute approximate surface area is 216 Å². The average Bonchev–Trinajstić information content (AvgIpc) is 2.79. The SMILES string of the molecule is CCOC(=O)CCN1C=C(C(C)C)[C@](C)(c2ccc(C3=CCC(C)(C)CC3)c(Cl)c2)N(CC)C1=O. The van der Waals surface area contributed by atoms with Crippen LogP contribution in [0.1, 0.15) is 85.3 Å². The van der Waals surface area contributed by atoms with E-state index in [2.05, 4.69) is 52.8 Å². The molecule has 6 heteroatoms. The van der Waals surface area contributed by atoms with Gasteiger partial charge in [0.25, 0.3) is 0 Å². The van der Waals surface area contributed by atoms with Crippen molar-refractivity contribution in [1.29, 1.82) is 0 Å². The molecule has 0 fully saturated rings. The number of amides is 2. The highest BCUT2D eigenvalue weighted by Gasteiger charge is 2.45. The van der Waals surface area contributed by atoms with Crippen LogP contribution in [0.4, 0.5) is 4.79 Å². The molecular formula is C29H41ClN2O3. The van der Waals surface area contributed by atoms with Gasteiger partial charge in [-0.1, -0.05) is 57.5 Å². The van der Waals surface area contributed by atoms with Gasteiger partial charge >= 0.3 is 12.0 Å². The van der Waals surface area contributed by atoms with Gasteiger partial charge in [-0.25, -0.2) is 4.79 Å². The molecule has 2 amide bonds. The Hall–Kier alpha value is -2.27. The highest BCUT2D eigenvalue weighted by molar-refractivity contribution is 6.32. The van der Waals surface area contributed by atoms with Gasteiger partial charge in [0.05, 0.1) is 18.6 Å². The number of allylic oxidation sites excluding steroid dienone is 2. The third-order valence-electron chi connectivity index (χ3n) is 7.52. The summed E-state index contributed by atoms with van der Waals surface area (Å²) in [5, 5.41) is 0.728. The van der Waals surface area contributed by atoms with E-state index in [1.807, 2.05) is 24.1 Å². The van der Waals surface area contributed by atoms with E-state index in [4.69, 9.17) is 16.3 Å². The predicted molar refractivity (Wildman–Crippen MR) is 143 cm³/mol. The lowest BCUT2D eigenvalue weighted by Crippen LogP contribution is -2.57. The van der Waals surface area contributed by atoms with Crippen molar-refractivity contribution >= 4 is 29.2 Å². The van der Waals surface area contributed by atoms with Crippen LogP contribution in [0.5, 0.6) is 0 Å². The molecule has 192 valence electrons. The fraction of sp³-hybridized carbons (Fsp3) is 0.586. The number of carbonyl (C=O) groups is 2. The molecule has 0 N–H and O–H groups in total. The fourth-order valence-electron chi connectivity index (χ4n) is 5.34. The van der Waals surface area contributed by atoms with E-state index in [9.17, 15) is 9.59 Å². The number of likely N-dealkylation sites (N-methyl/N-ethyl adjacent to an activating group) is 1. The number of benzene rings is 1. The van der Waals surface area contributed by atoms with Crippen LogP contribution in [0.3, 0.4) is 0 Å². The van der Waals surface area contributed by atoms with E-state index in [0.29, 0.717) is 25.1 Å². The maximum absolute atomic E-state index is 13.6. The van der Waals surface area contributed by atoms with Gasteiger partial charge in [0.15, 0.2) is 0 Å². The topological polar surface area (TPSA) is 49.9 Å². The van der Waals surface area contributed by atoms with Crippen molar-refractivity contribution in [2.24, 2.45) is 11.3 Å². The smallest absolute Gasteiger partial charge is 0.324 e. The van der Waals surface area contributed by atoms with Crippen molar-refractivity contribution in [2.75, 3.05) is 19.7 Å². The Kier molecular flexibility index (Phi) is 8.41. The molecule has 1 aliphatic heterocycles. The van der Waals surface area contributed by atoms with Crippen molar-refractivity contribution in [1.82, 2.24) is 9.80 Å². The molecule has 3 rings (SSSR count). The summed E-state index contributed by atoms with van der Waals surface area (Å²) in [6, 6.07) is 6.18. The molecular weight excluding hydrogens is 460 g/mol. The Morgan fingerprint density at radius 1 is 1.20 bits per heavy atom. The zero-order valence-electron chi connectivity index (χ0n) is 22.4. The van der Waals surface area contributed by atoms with Crippen LogP contribution in [0, 0.1) is 11.3 Å². The van der Waals surface area contributed by atoms with Crippen LogP contribution in [-0.4, -0.2) is 41.5 Å². The van der Waals surface area contributed by atoms with Crippen molar-refractivity contribution in [3.05, 3.63) is 52.2 Å². The molecule has 0 radical (unpaired) electrons. The minimum absolute atomic E-state index is 0.110. The zero-order valence-corrected chi connectivity index (χ0v) is 23.2. The Balaban J connectivity index is 1.99.